The molecular weight excluding hydrogens is 411 g/mol. The molecule has 1 aromatic heterocycles. The molecule has 1 N–H and O–H groups in total. The van der Waals surface area contributed by atoms with E-state index in [2.05, 4.69) is 26.1 Å². The molecule has 1 fully saturated rings. The van der Waals surface area contributed by atoms with Gasteiger partial charge in [-0.25, -0.2) is 4.39 Å². The Morgan fingerprint density at radius 1 is 1.04 bits per heavy atom. The number of piperazine rings is 1. The Bertz CT molecular complexity index is 949. The maximum Gasteiger partial charge on any atom is 0.272 e. The topological polar surface area (TPSA) is 52.2 Å². The van der Waals surface area contributed by atoms with E-state index >= 15 is 0 Å². The van der Waals surface area contributed by atoms with Crippen LogP contribution in [-0.4, -0.2) is 47.2 Å². The van der Waals surface area contributed by atoms with Crippen molar-refractivity contribution in [3.63, 3.8) is 0 Å². The maximum absolute atomic E-state index is 13.9. The summed E-state index contributed by atoms with van der Waals surface area (Å²) >= 11 is 3.41. The van der Waals surface area contributed by atoms with Crippen LogP contribution in [0.15, 0.2) is 59.1 Å². The maximum atomic E-state index is 13.9. The van der Waals surface area contributed by atoms with Crippen molar-refractivity contribution in [1.82, 2.24) is 15.1 Å². The van der Waals surface area contributed by atoms with Crippen molar-refractivity contribution in [1.29, 1.82) is 0 Å². The number of carbonyl (C=O) groups excluding carboxylic acids is 1. The van der Waals surface area contributed by atoms with Crippen molar-refractivity contribution < 1.29 is 9.18 Å². The summed E-state index contributed by atoms with van der Waals surface area (Å²) in [5.41, 5.74) is 2.73. The van der Waals surface area contributed by atoms with Crippen LogP contribution in [0.5, 0.6) is 0 Å². The number of aromatic nitrogens is 2. The number of hydrogen-bond acceptors (Lipinski definition) is 3. The van der Waals surface area contributed by atoms with Crippen LogP contribution in [0.25, 0.3) is 11.3 Å². The third-order valence-electron chi connectivity index (χ3n) is 4.71. The Hall–Kier alpha value is -2.67. The highest BCUT2D eigenvalue weighted by molar-refractivity contribution is 9.10. The van der Waals surface area contributed by atoms with E-state index < -0.39 is 0 Å². The van der Waals surface area contributed by atoms with E-state index in [0.717, 1.165) is 15.7 Å². The number of aromatic amines is 1. The zero-order valence-electron chi connectivity index (χ0n) is 14.5. The highest BCUT2D eigenvalue weighted by Gasteiger charge is 2.24. The second kappa shape index (κ2) is 7.52. The lowest BCUT2D eigenvalue weighted by molar-refractivity contribution is 0.0740. The summed E-state index contributed by atoms with van der Waals surface area (Å²) < 4.78 is 14.9. The number of nitrogens with one attached hydrogen (secondary N) is 1. The van der Waals surface area contributed by atoms with Crippen molar-refractivity contribution in [2.75, 3.05) is 31.1 Å². The lowest BCUT2D eigenvalue weighted by Gasteiger charge is -2.36. The number of H-pyrrole nitrogens is 1. The van der Waals surface area contributed by atoms with E-state index in [1.807, 2.05) is 35.2 Å². The van der Waals surface area contributed by atoms with E-state index in [1.54, 1.807) is 23.1 Å². The van der Waals surface area contributed by atoms with Gasteiger partial charge in [0.15, 0.2) is 0 Å². The lowest BCUT2D eigenvalue weighted by Crippen LogP contribution is -2.49. The molecule has 0 radical (unpaired) electrons. The minimum absolute atomic E-state index is 0.0842. The van der Waals surface area contributed by atoms with Crippen LogP contribution in [-0.2, 0) is 0 Å². The largest absolute Gasteiger partial charge is 0.366 e. The van der Waals surface area contributed by atoms with Gasteiger partial charge in [-0.2, -0.15) is 5.10 Å². The van der Waals surface area contributed by atoms with Gasteiger partial charge in [0.05, 0.1) is 11.4 Å². The number of benzene rings is 2. The molecule has 4 rings (SSSR count). The van der Waals surface area contributed by atoms with E-state index in [0.29, 0.717) is 37.6 Å². The molecular formula is C20H18BrFN4O. The Balaban J connectivity index is 1.43. The highest BCUT2D eigenvalue weighted by atomic mass is 79.9. The molecule has 2 heterocycles. The number of amides is 1. The number of para-hydroxylation sites is 1. The Kier molecular flexibility index (Phi) is 4.94. The third-order valence-corrected chi connectivity index (χ3v) is 5.24. The fraction of sp³-hybridized carbons (Fsp3) is 0.200. The molecule has 1 aliphatic heterocycles. The fourth-order valence-corrected chi connectivity index (χ4v) is 3.49. The zero-order valence-corrected chi connectivity index (χ0v) is 16.1. The summed E-state index contributed by atoms with van der Waals surface area (Å²) in [6, 6.07) is 16.3. The molecule has 0 aliphatic carbocycles. The van der Waals surface area contributed by atoms with Gasteiger partial charge in [-0.15, -0.1) is 0 Å². The van der Waals surface area contributed by atoms with Crippen molar-refractivity contribution in [3.05, 3.63) is 70.6 Å². The van der Waals surface area contributed by atoms with Crippen LogP contribution in [0.2, 0.25) is 0 Å². The third kappa shape index (κ3) is 3.73. The van der Waals surface area contributed by atoms with Crippen molar-refractivity contribution in [3.8, 4) is 11.3 Å². The quantitative estimate of drug-likeness (QED) is 0.687. The van der Waals surface area contributed by atoms with Crippen LogP contribution in [0.1, 0.15) is 10.5 Å². The minimum atomic E-state index is -0.231. The van der Waals surface area contributed by atoms with E-state index in [-0.39, 0.29) is 11.7 Å². The van der Waals surface area contributed by atoms with Gasteiger partial charge in [-0.05, 0) is 30.3 Å². The molecule has 27 heavy (non-hydrogen) atoms. The Morgan fingerprint density at radius 3 is 2.44 bits per heavy atom. The SMILES string of the molecule is O=C(c1cc(-c2ccc(Br)cc2)n[nH]1)N1CCN(c2ccccc2F)CC1. The number of anilines is 1. The molecule has 0 bridgehead atoms. The average molecular weight is 429 g/mol. The molecule has 2 aromatic carbocycles. The average Bonchev–Trinajstić information content (AvgIpc) is 3.19. The number of rotatable bonds is 3. The van der Waals surface area contributed by atoms with E-state index in [1.165, 1.54) is 6.07 Å². The number of nitrogens with zero attached hydrogens (tertiary/aromatic N) is 3. The summed E-state index contributed by atoms with van der Waals surface area (Å²) in [7, 11) is 0. The summed E-state index contributed by atoms with van der Waals surface area (Å²) in [6.45, 7) is 2.28. The monoisotopic (exact) mass is 428 g/mol. The minimum Gasteiger partial charge on any atom is -0.366 e. The van der Waals surface area contributed by atoms with Gasteiger partial charge >= 0.3 is 0 Å². The number of carbonyl (C=O) groups is 1. The van der Waals surface area contributed by atoms with Gasteiger partial charge in [0, 0.05) is 36.2 Å². The molecule has 0 unspecified atom stereocenters. The molecule has 138 valence electrons. The number of hydrogen-bond donors (Lipinski definition) is 1. The lowest BCUT2D eigenvalue weighted by atomic mass is 10.1. The molecule has 1 aliphatic rings. The van der Waals surface area contributed by atoms with Gasteiger partial charge in [0.2, 0.25) is 0 Å². The summed E-state index contributed by atoms with van der Waals surface area (Å²) in [6.07, 6.45) is 0. The number of halogens is 2. The summed E-state index contributed by atoms with van der Waals surface area (Å²) in [5, 5.41) is 7.10. The fourth-order valence-electron chi connectivity index (χ4n) is 3.23. The van der Waals surface area contributed by atoms with Gasteiger partial charge in [-0.3, -0.25) is 9.89 Å². The first-order valence-corrected chi connectivity index (χ1v) is 9.51. The molecule has 7 heteroatoms. The standard InChI is InChI=1S/C20H18BrFN4O/c21-15-7-5-14(6-8-15)17-13-18(24-23-17)20(27)26-11-9-25(10-12-26)19-4-2-1-3-16(19)22/h1-8,13H,9-12H2,(H,23,24). The van der Waals surface area contributed by atoms with Crippen LogP contribution in [0.3, 0.4) is 0 Å². The first kappa shape index (κ1) is 17.7. The van der Waals surface area contributed by atoms with E-state index in [4.69, 9.17) is 0 Å². The molecule has 5 nitrogen and oxygen atoms in total. The van der Waals surface area contributed by atoms with Gasteiger partial charge in [-0.1, -0.05) is 40.2 Å². The van der Waals surface area contributed by atoms with E-state index in [9.17, 15) is 9.18 Å². The molecule has 0 spiro atoms. The highest BCUT2D eigenvalue weighted by Crippen LogP contribution is 2.23. The van der Waals surface area contributed by atoms with Gasteiger partial charge < -0.3 is 9.80 Å². The Morgan fingerprint density at radius 2 is 1.74 bits per heavy atom. The van der Waals surface area contributed by atoms with Gasteiger partial charge in [0.25, 0.3) is 5.91 Å². The normalized spacial score (nSPS) is 14.4. The molecule has 0 atom stereocenters. The van der Waals surface area contributed by atoms with Crippen LogP contribution in [0, 0.1) is 5.82 Å². The summed E-state index contributed by atoms with van der Waals surface area (Å²) in [5.74, 6) is -0.316. The van der Waals surface area contributed by atoms with Crippen molar-refractivity contribution in [2.45, 2.75) is 0 Å². The van der Waals surface area contributed by atoms with Crippen LogP contribution < -0.4 is 4.90 Å². The predicted molar refractivity (Wildman–Crippen MR) is 106 cm³/mol. The first-order chi connectivity index (χ1) is 13.1. The molecule has 1 saturated heterocycles. The van der Waals surface area contributed by atoms with Crippen molar-refractivity contribution in [2.24, 2.45) is 0 Å². The predicted octanol–water partition coefficient (Wildman–Crippen LogP) is 3.94. The van der Waals surface area contributed by atoms with Crippen molar-refractivity contribution >= 4 is 27.5 Å². The molecule has 0 saturated carbocycles. The van der Waals surface area contributed by atoms with Crippen LogP contribution in [0.4, 0.5) is 10.1 Å². The summed E-state index contributed by atoms with van der Waals surface area (Å²) in [4.78, 5) is 16.5. The van der Waals surface area contributed by atoms with Gasteiger partial charge in [0.1, 0.15) is 11.5 Å². The molecule has 3 aromatic rings. The zero-order chi connectivity index (χ0) is 18.8. The second-order valence-electron chi connectivity index (χ2n) is 6.40. The molecule has 1 amide bonds. The second-order valence-corrected chi connectivity index (χ2v) is 7.32. The first-order valence-electron chi connectivity index (χ1n) is 8.72. The smallest absolute Gasteiger partial charge is 0.272 e. The Labute approximate surface area is 164 Å². The van der Waals surface area contributed by atoms with Crippen LogP contribution >= 0.6 is 15.9 Å².